The van der Waals surface area contributed by atoms with Crippen molar-refractivity contribution >= 4 is 11.9 Å². The predicted molar refractivity (Wildman–Crippen MR) is 94.5 cm³/mol. The van der Waals surface area contributed by atoms with Crippen molar-refractivity contribution in [3.05, 3.63) is 54.0 Å². The van der Waals surface area contributed by atoms with Crippen molar-refractivity contribution in [3.8, 4) is 17.3 Å². The van der Waals surface area contributed by atoms with E-state index in [4.69, 9.17) is 9.47 Å². The van der Waals surface area contributed by atoms with E-state index in [1.54, 1.807) is 30.1 Å². The molecule has 2 N–H and O–H groups in total. The molecule has 0 saturated heterocycles. The predicted octanol–water partition coefficient (Wildman–Crippen LogP) is 1.74. The van der Waals surface area contributed by atoms with Gasteiger partial charge in [-0.15, -0.1) is 0 Å². The van der Waals surface area contributed by atoms with Crippen molar-refractivity contribution < 1.29 is 14.3 Å². The maximum atomic E-state index is 12.3. The molecule has 2 heterocycles. The summed E-state index contributed by atoms with van der Waals surface area (Å²) >= 11 is 0. The van der Waals surface area contributed by atoms with E-state index in [0.717, 1.165) is 11.3 Å². The van der Waals surface area contributed by atoms with Gasteiger partial charge in [0.15, 0.2) is 5.69 Å². The molecule has 0 unspecified atom stereocenters. The number of anilines is 1. The lowest BCUT2D eigenvalue weighted by Gasteiger charge is -2.09. The number of carbonyl (C=O) groups excluding carboxylic acids is 1. The van der Waals surface area contributed by atoms with Crippen LogP contribution in [0.25, 0.3) is 5.69 Å². The van der Waals surface area contributed by atoms with Crippen molar-refractivity contribution in [2.75, 3.05) is 19.6 Å². The average molecular weight is 354 g/mol. The summed E-state index contributed by atoms with van der Waals surface area (Å²) in [6.07, 6.45) is 3.20. The number of rotatable bonds is 6. The van der Waals surface area contributed by atoms with Crippen LogP contribution in [0.15, 0.2) is 42.7 Å². The van der Waals surface area contributed by atoms with Crippen LogP contribution in [0, 0.1) is 6.92 Å². The summed E-state index contributed by atoms with van der Waals surface area (Å²) in [6.45, 7) is 1.97. The highest BCUT2D eigenvalue weighted by molar-refractivity contribution is 5.92. The normalized spacial score (nSPS) is 10.3. The fourth-order valence-corrected chi connectivity index (χ4v) is 2.25. The van der Waals surface area contributed by atoms with Gasteiger partial charge in [-0.25, -0.2) is 9.67 Å². The first-order chi connectivity index (χ1) is 12.6. The summed E-state index contributed by atoms with van der Waals surface area (Å²) in [5, 5.41) is 4.30. The Hall–Kier alpha value is -3.62. The molecule has 9 heteroatoms. The Morgan fingerprint density at radius 2 is 2.00 bits per heavy atom. The number of aryl methyl sites for hydroxylation is 1. The van der Waals surface area contributed by atoms with Crippen LogP contribution in [-0.4, -0.2) is 39.9 Å². The van der Waals surface area contributed by atoms with Gasteiger partial charge < -0.3 is 9.47 Å². The Labute approximate surface area is 150 Å². The third-order valence-corrected chi connectivity index (χ3v) is 3.53. The molecule has 3 rings (SSSR count). The Bertz CT molecular complexity index is 924. The van der Waals surface area contributed by atoms with Gasteiger partial charge in [-0.2, -0.15) is 10.1 Å². The number of ether oxygens (including phenoxy) is 2. The van der Waals surface area contributed by atoms with E-state index in [-0.39, 0.29) is 11.6 Å². The summed E-state index contributed by atoms with van der Waals surface area (Å²) in [5.74, 6) is 0.820. The number of amides is 1. The lowest BCUT2D eigenvalue weighted by Crippen LogP contribution is -2.30. The molecule has 0 fully saturated rings. The van der Waals surface area contributed by atoms with Gasteiger partial charge in [0.05, 0.1) is 14.2 Å². The quantitative estimate of drug-likeness (QED) is 0.650. The first-order valence-corrected chi connectivity index (χ1v) is 7.75. The third kappa shape index (κ3) is 3.72. The van der Waals surface area contributed by atoms with Crippen LogP contribution in [0.3, 0.4) is 0 Å². The van der Waals surface area contributed by atoms with Gasteiger partial charge in [0.1, 0.15) is 11.4 Å². The van der Waals surface area contributed by atoms with Crippen molar-refractivity contribution in [2.24, 2.45) is 0 Å². The first kappa shape index (κ1) is 17.2. The van der Waals surface area contributed by atoms with Crippen LogP contribution in [0.1, 0.15) is 16.1 Å². The van der Waals surface area contributed by atoms with Crippen molar-refractivity contribution in [2.45, 2.75) is 6.92 Å². The number of hydrogen-bond donors (Lipinski definition) is 2. The maximum absolute atomic E-state index is 12.3. The minimum atomic E-state index is -0.429. The van der Waals surface area contributed by atoms with E-state index in [1.165, 1.54) is 13.3 Å². The van der Waals surface area contributed by atoms with Gasteiger partial charge in [-0.3, -0.25) is 15.6 Å². The van der Waals surface area contributed by atoms with E-state index < -0.39 is 5.91 Å². The summed E-state index contributed by atoms with van der Waals surface area (Å²) in [6, 6.07) is 8.93. The summed E-state index contributed by atoms with van der Waals surface area (Å²) < 4.78 is 11.9. The Morgan fingerprint density at radius 1 is 1.15 bits per heavy atom. The molecule has 0 aliphatic carbocycles. The summed E-state index contributed by atoms with van der Waals surface area (Å²) in [7, 11) is 3.08. The number of nitrogens with zero attached hydrogens (tertiary/aromatic N) is 4. The summed E-state index contributed by atoms with van der Waals surface area (Å²) in [5.41, 5.74) is 7.14. The van der Waals surface area contributed by atoms with Crippen LogP contribution in [0.2, 0.25) is 0 Å². The van der Waals surface area contributed by atoms with Gasteiger partial charge in [0.2, 0.25) is 11.8 Å². The number of hydrogen-bond acceptors (Lipinski definition) is 7. The molecule has 0 saturated carbocycles. The third-order valence-electron chi connectivity index (χ3n) is 3.53. The van der Waals surface area contributed by atoms with Gasteiger partial charge >= 0.3 is 0 Å². The molecule has 0 radical (unpaired) electrons. The largest absolute Gasteiger partial charge is 0.494 e. The van der Waals surface area contributed by atoms with Crippen LogP contribution in [0.4, 0.5) is 5.95 Å². The second-order valence-electron chi connectivity index (χ2n) is 5.32. The zero-order valence-electron chi connectivity index (χ0n) is 14.6. The molecule has 134 valence electrons. The molecule has 2 aromatic heterocycles. The van der Waals surface area contributed by atoms with E-state index >= 15 is 0 Å². The molecule has 1 amide bonds. The number of aromatic nitrogens is 4. The number of hydrazine groups is 1. The zero-order valence-corrected chi connectivity index (χ0v) is 14.6. The molecule has 0 aliphatic rings. The molecule has 0 aliphatic heterocycles. The monoisotopic (exact) mass is 354 g/mol. The molecule has 0 bridgehead atoms. The highest BCUT2D eigenvalue weighted by Gasteiger charge is 2.13. The summed E-state index contributed by atoms with van der Waals surface area (Å²) in [4.78, 5) is 20.3. The first-order valence-electron chi connectivity index (χ1n) is 7.75. The zero-order chi connectivity index (χ0) is 18.5. The van der Waals surface area contributed by atoms with Crippen molar-refractivity contribution in [1.82, 2.24) is 25.2 Å². The van der Waals surface area contributed by atoms with Crippen LogP contribution < -0.4 is 20.3 Å². The van der Waals surface area contributed by atoms with E-state index in [1.807, 2.05) is 25.1 Å². The fraction of sp³-hybridized carbons (Fsp3) is 0.176. The standard InChI is InChI=1S/C17H18N6O3/c1-11-4-5-14(25-2)13(10-11)23-9-7-12(22-23)16(24)20-21-17-18-8-6-15(19-17)26-3/h4-10H,1-3H3,(H,20,24)(H,18,19,21). The maximum Gasteiger partial charge on any atom is 0.290 e. The molecule has 3 aromatic rings. The smallest absolute Gasteiger partial charge is 0.290 e. The van der Waals surface area contributed by atoms with Crippen molar-refractivity contribution in [3.63, 3.8) is 0 Å². The highest BCUT2D eigenvalue weighted by Crippen LogP contribution is 2.23. The highest BCUT2D eigenvalue weighted by atomic mass is 16.5. The molecule has 0 atom stereocenters. The molecule has 0 spiro atoms. The van der Waals surface area contributed by atoms with E-state index in [9.17, 15) is 4.79 Å². The van der Waals surface area contributed by atoms with Gasteiger partial charge in [0, 0.05) is 18.5 Å². The second kappa shape index (κ2) is 7.51. The molecular weight excluding hydrogens is 336 g/mol. The van der Waals surface area contributed by atoms with E-state index in [2.05, 4.69) is 25.9 Å². The Morgan fingerprint density at radius 3 is 2.77 bits per heavy atom. The topological polar surface area (TPSA) is 103 Å². The van der Waals surface area contributed by atoms with Gasteiger partial charge in [0.25, 0.3) is 5.91 Å². The molecule has 1 aromatic carbocycles. The average Bonchev–Trinajstić information content (AvgIpc) is 3.16. The molecule has 26 heavy (non-hydrogen) atoms. The SMILES string of the molecule is COc1ccnc(NNC(=O)c2ccn(-c3cc(C)ccc3OC)n2)n1. The number of benzene rings is 1. The van der Waals surface area contributed by atoms with Crippen LogP contribution in [0.5, 0.6) is 11.6 Å². The Balaban J connectivity index is 1.73. The van der Waals surface area contributed by atoms with E-state index in [0.29, 0.717) is 11.6 Å². The van der Waals surface area contributed by atoms with Crippen LogP contribution in [-0.2, 0) is 0 Å². The van der Waals surface area contributed by atoms with Crippen LogP contribution >= 0.6 is 0 Å². The van der Waals surface area contributed by atoms with Crippen molar-refractivity contribution in [1.29, 1.82) is 0 Å². The molecule has 9 nitrogen and oxygen atoms in total. The van der Waals surface area contributed by atoms with Gasteiger partial charge in [-0.05, 0) is 30.7 Å². The number of carbonyl (C=O) groups is 1. The fourth-order valence-electron chi connectivity index (χ4n) is 2.25. The number of nitrogens with one attached hydrogen (secondary N) is 2. The second-order valence-corrected chi connectivity index (χ2v) is 5.32. The Kier molecular flexibility index (Phi) is 4.97. The minimum absolute atomic E-state index is 0.206. The minimum Gasteiger partial charge on any atom is -0.494 e. The molecular formula is C17H18N6O3. The lowest BCUT2D eigenvalue weighted by atomic mass is 10.2. The number of methoxy groups -OCH3 is 2. The van der Waals surface area contributed by atoms with Gasteiger partial charge in [-0.1, -0.05) is 6.07 Å². The lowest BCUT2D eigenvalue weighted by molar-refractivity contribution is 0.0957.